The van der Waals surface area contributed by atoms with Crippen LogP contribution in [0.3, 0.4) is 0 Å². The van der Waals surface area contributed by atoms with Gasteiger partial charge in [-0.2, -0.15) is 0 Å². The Hall–Kier alpha value is -0.0800. The molecule has 0 heterocycles. The lowest BCUT2D eigenvalue weighted by atomic mass is 9.86. The summed E-state index contributed by atoms with van der Waals surface area (Å²) < 4.78 is 0. The van der Waals surface area contributed by atoms with Gasteiger partial charge in [0.05, 0.1) is 6.10 Å². The SMILES string of the molecule is CCC(O)CN(C)C1CCC(C)CC1. The maximum Gasteiger partial charge on any atom is 0.0664 e. The third-order valence-electron chi connectivity index (χ3n) is 3.58. The summed E-state index contributed by atoms with van der Waals surface area (Å²) in [5.74, 6) is 0.913. The molecule has 0 radical (unpaired) electrons. The summed E-state index contributed by atoms with van der Waals surface area (Å²) in [4.78, 5) is 2.35. The van der Waals surface area contributed by atoms with Crippen molar-refractivity contribution < 1.29 is 5.11 Å². The molecule has 1 aliphatic rings. The Labute approximate surface area is 88.3 Å². The van der Waals surface area contributed by atoms with Gasteiger partial charge in [0, 0.05) is 12.6 Å². The van der Waals surface area contributed by atoms with E-state index >= 15 is 0 Å². The second-order valence-electron chi connectivity index (χ2n) is 4.92. The molecule has 1 N–H and O–H groups in total. The van der Waals surface area contributed by atoms with E-state index in [-0.39, 0.29) is 6.10 Å². The Morgan fingerprint density at radius 1 is 1.29 bits per heavy atom. The number of likely N-dealkylation sites (N-methyl/N-ethyl adjacent to an activating group) is 1. The lowest BCUT2D eigenvalue weighted by molar-refractivity contribution is 0.0835. The number of aliphatic hydroxyl groups excluding tert-OH is 1. The molecule has 0 aliphatic heterocycles. The van der Waals surface area contributed by atoms with Gasteiger partial charge in [0.2, 0.25) is 0 Å². The van der Waals surface area contributed by atoms with Crippen LogP contribution in [-0.4, -0.2) is 35.7 Å². The second kappa shape index (κ2) is 5.72. The summed E-state index contributed by atoms with van der Waals surface area (Å²) in [5.41, 5.74) is 0. The average Bonchev–Trinajstić information content (AvgIpc) is 2.18. The highest BCUT2D eigenvalue weighted by Crippen LogP contribution is 2.26. The van der Waals surface area contributed by atoms with Gasteiger partial charge in [0.1, 0.15) is 0 Å². The van der Waals surface area contributed by atoms with E-state index < -0.39 is 0 Å². The fourth-order valence-electron chi connectivity index (χ4n) is 2.29. The number of nitrogens with zero attached hydrogens (tertiary/aromatic N) is 1. The maximum absolute atomic E-state index is 9.57. The van der Waals surface area contributed by atoms with Crippen LogP contribution in [0.25, 0.3) is 0 Å². The predicted molar refractivity (Wildman–Crippen MR) is 60.3 cm³/mol. The molecule has 0 aromatic rings. The van der Waals surface area contributed by atoms with Crippen molar-refractivity contribution in [2.75, 3.05) is 13.6 Å². The average molecular weight is 199 g/mol. The van der Waals surface area contributed by atoms with E-state index in [0.717, 1.165) is 18.9 Å². The van der Waals surface area contributed by atoms with Crippen LogP contribution >= 0.6 is 0 Å². The third-order valence-corrected chi connectivity index (χ3v) is 3.58. The number of hydrogen-bond acceptors (Lipinski definition) is 2. The fourth-order valence-corrected chi connectivity index (χ4v) is 2.29. The van der Waals surface area contributed by atoms with Crippen LogP contribution in [0.5, 0.6) is 0 Å². The Bertz CT molecular complexity index is 152. The van der Waals surface area contributed by atoms with Gasteiger partial charge in [0.15, 0.2) is 0 Å². The molecule has 1 atom stereocenters. The molecular formula is C12H25NO. The van der Waals surface area contributed by atoms with E-state index in [1.165, 1.54) is 25.7 Å². The number of aliphatic hydroxyl groups is 1. The van der Waals surface area contributed by atoms with Crippen LogP contribution in [0.2, 0.25) is 0 Å². The molecule has 84 valence electrons. The van der Waals surface area contributed by atoms with Crippen molar-refractivity contribution in [2.45, 2.75) is 58.1 Å². The molecule has 0 bridgehead atoms. The zero-order valence-electron chi connectivity index (χ0n) is 9.87. The second-order valence-corrected chi connectivity index (χ2v) is 4.92. The molecule has 0 saturated heterocycles. The Morgan fingerprint density at radius 2 is 1.86 bits per heavy atom. The summed E-state index contributed by atoms with van der Waals surface area (Å²) in [6.07, 6.45) is 6.07. The lowest BCUT2D eigenvalue weighted by Crippen LogP contribution is -2.39. The third kappa shape index (κ3) is 3.58. The monoisotopic (exact) mass is 199 g/mol. The van der Waals surface area contributed by atoms with Gasteiger partial charge in [-0.15, -0.1) is 0 Å². The number of rotatable bonds is 4. The van der Waals surface area contributed by atoms with E-state index in [0.29, 0.717) is 6.04 Å². The van der Waals surface area contributed by atoms with E-state index in [1.54, 1.807) is 0 Å². The molecule has 2 heteroatoms. The van der Waals surface area contributed by atoms with Crippen molar-refractivity contribution in [3.05, 3.63) is 0 Å². The van der Waals surface area contributed by atoms with E-state index in [1.807, 2.05) is 6.92 Å². The highest BCUT2D eigenvalue weighted by Gasteiger charge is 2.22. The van der Waals surface area contributed by atoms with Crippen LogP contribution in [0, 0.1) is 5.92 Å². The first-order chi connectivity index (χ1) is 6.63. The molecule has 0 amide bonds. The summed E-state index contributed by atoms with van der Waals surface area (Å²) in [5, 5.41) is 9.57. The molecule has 1 rings (SSSR count). The first-order valence-electron chi connectivity index (χ1n) is 6.01. The summed E-state index contributed by atoms with van der Waals surface area (Å²) >= 11 is 0. The van der Waals surface area contributed by atoms with Crippen LogP contribution in [0.15, 0.2) is 0 Å². The van der Waals surface area contributed by atoms with Gasteiger partial charge in [-0.1, -0.05) is 13.8 Å². The molecule has 2 nitrogen and oxygen atoms in total. The van der Waals surface area contributed by atoms with Gasteiger partial charge < -0.3 is 10.0 Å². The molecule has 0 aromatic heterocycles. The van der Waals surface area contributed by atoms with Crippen LogP contribution in [-0.2, 0) is 0 Å². The number of hydrogen-bond donors (Lipinski definition) is 1. The Morgan fingerprint density at radius 3 is 2.36 bits per heavy atom. The van der Waals surface area contributed by atoms with E-state index in [4.69, 9.17) is 0 Å². The van der Waals surface area contributed by atoms with Crippen molar-refractivity contribution in [3.63, 3.8) is 0 Å². The quantitative estimate of drug-likeness (QED) is 0.751. The predicted octanol–water partition coefficient (Wildman–Crippen LogP) is 2.27. The van der Waals surface area contributed by atoms with Crippen molar-refractivity contribution in [1.29, 1.82) is 0 Å². The molecule has 14 heavy (non-hydrogen) atoms. The largest absolute Gasteiger partial charge is 0.392 e. The molecule has 1 unspecified atom stereocenters. The van der Waals surface area contributed by atoms with Crippen molar-refractivity contribution in [1.82, 2.24) is 4.90 Å². The van der Waals surface area contributed by atoms with Crippen LogP contribution in [0.4, 0.5) is 0 Å². The molecule has 0 spiro atoms. The summed E-state index contributed by atoms with van der Waals surface area (Å²) in [6, 6.07) is 0.715. The molecule has 1 aliphatic carbocycles. The van der Waals surface area contributed by atoms with E-state index in [2.05, 4.69) is 18.9 Å². The molecule has 0 aromatic carbocycles. The Balaban J connectivity index is 2.26. The first kappa shape index (κ1) is 12.0. The van der Waals surface area contributed by atoms with Crippen LogP contribution < -0.4 is 0 Å². The standard InChI is InChI=1S/C12H25NO/c1-4-12(14)9-13(3)11-7-5-10(2)6-8-11/h10-12,14H,4-9H2,1-3H3. The minimum absolute atomic E-state index is 0.139. The van der Waals surface area contributed by atoms with Crippen molar-refractivity contribution in [2.24, 2.45) is 5.92 Å². The fraction of sp³-hybridized carbons (Fsp3) is 1.00. The topological polar surface area (TPSA) is 23.5 Å². The maximum atomic E-state index is 9.57. The Kier molecular flexibility index (Phi) is 4.90. The van der Waals surface area contributed by atoms with Gasteiger partial charge in [-0.25, -0.2) is 0 Å². The van der Waals surface area contributed by atoms with Gasteiger partial charge in [-0.05, 0) is 45.1 Å². The zero-order chi connectivity index (χ0) is 10.6. The molecule has 1 saturated carbocycles. The summed E-state index contributed by atoms with van der Waals surface area (Å²) in [6.45, 7) is 5.23. The zero-order valence-corrected chi connectivity index (χ0v) is 9.87. The van der Waals surface area contributed by atoms with E-state index in [9.17, 15) is 5.11 Å². The summed E-state index contributed by atoms with van der Waals surface area (Å²) in [7, 11) is 2.15. The van der Waals surface area contributed by atoms with Crippen molar-refractivity contribution >= 4 is 0 Å². The van der Waals surface area contributed by atoms with Crippen LogP contribution in [0.1, 0.15) is 46.0 Å². The molecule has 1 fully saturated rings. The normalized spacial score (nSPS) is 30.6. The van der Waals surface area contributed by atoms with Gasteiger partial charge >= 0.3 is 0 Å². The highest BCUT2D eigenvalue weighted by atomic mass is 16.3. The van der Waals surface area contributed by atoms with Gasteiger partial charge in [-0.3, -0.25) is 0 Å². The minimum atomic E-state index is -0.139. The van der Waals surface area contributed by atoms with Crippen molar-refractivity contribution in [3.8, 4) is 0 Å². The van der Waals surface area contributed by atoms with Gasteiger partial charge in [0.25, 0.3) is 0 Å². The first-order valence-corrected chi connectivity index (χ1v) is 6.01. The smallest absolute Gasteiger partial charge is 0.0664 e. The lowest BCUT2D eigenvalue weighted by Gasteiger charge is -2.34. The highest BCUT2D eigenvalue weighted by molar-refractivity contribution is 4.77. The minimum Gasteiger partial charge on any atom is -0.392 e. The molecular weight excluding hydrogens is 174 g/mol.